The highest BCUT2D eigenvalue weighted by molar-refractivity contribution is 7.46. The van der Waals surface area contributed by atoms with E-state index in [2.05, 4.69) is 4.52 Å². The van der Waals surface area contributed by atoms with Gasteiger partial charge in [-0.3, -0.25) is 4.52 Å². The van der Waals surface area contributed by atoms with Crippen LogP contribution < -0.4 is 0 Å². The Labute approximate surface area is 80.1 Å². The largest absolute Gasteiger partial charge is 0.469 e. The van der Waals surface area contributed by atoms with Crippen LogP contribution in [0.25, 0.3) is 0 Å². The molecule has 3 aliphatic rings. The van der Waals surface area contributed by atoms with E-state index in [1.165, 1.54) is 0 Å². The lowest BCUT2D eigenvalue weighted by atomic mass is 9.91. The van der Waals surface area contributed by atoms with Crippen LogP contribution in [0, 0.1) is 5.41 Å². The van der Waals surface area contributed by atoms with E-state index >= 15 is 0 Å². The van der Waals surface area contributed by atoms with Gasteiger partial charge in [-0.25, -0.2) is 4.57 Å². The van der Waals surface area contributed by atoms with E-state index in [0.29, 0.717) is 19.8 Å². The molecule has 0 aromatic heterocycles. The predicted octanol–water partition coefficient (Wildman–Crippen LogP) is -0.557. The fourth-order valence-electron chi connectivity index (χ4n) is 1.35. The molecule has 0 aliphatic carbocycles. The Bertz CT molecular complexity index is 239. The molecule has 7 nitrogen and oxygen atoms in total. The molecule has 3 saturated heterocycles. The molecule has 2 N–H and O–H groups in total. The molecular weight excluding hydrogens is 215 g/mol. The van der Waals surface area contributed by atoms with Gasteiger partial charge in [0.15, 0.2) is 0 Å². The van der Waals surface area contributed by atoms with E-state index < -0.39 is 19.7 Å². The molecule has 0 aromatic rings. The van der Waals surface area contributed by atoms with Crippen LogP contribution in [0.4, 0.5) is 0 Å². The Morgan fingerprint density at radius 1 is 1.29 bits per heavy atom. The number of hydrogen-bond donors (Lipinski definition) is 2. The lowest BCUT2D eigenvalue weighted by Crippen LogP contribution is -2.54. The van der Waals surface area contributed by atoms with Crippen molar-refractivity contribution in [2.24, 2.45) is 5.41 Å². The Balaban J connectivity index is 1.92. The average Bonchev–Trinajstić information content (AvgIpc) is 2.17. The molecule has 0 radical (unpaired) electrons. The normalized spacial score (nSPS) is 37.4. The number of rotatable bonds is 3. The van der Waals surface area contributed by atoms with Gasteiger partial charge in [-0.15, -0.1) is 0 Å². The van der Waals surface area contributed by atoms with Gasteiger partial charge in [0, 0.05) is 0 Å². The van der Waals surface area contributed by atoms with Crippen molar-refractivity contribution < 1.29 is 33.1 Å². The summed E-state index contributed by atoms with van der Waals surface area (Å²) in [6, 6.07) is 0. The third-order valence-corrected chi connectivity index (χ3v) is 2.58. The second-order valence-electron chi connectivity index (χ2n) is 3.49. The van der Waals surface area contributed by atoms with Gasteiger partial charge in [-0.2, -0.15) is 0 Å². The molecule has 82 valence electrons. The van der Waals surface area contributed by atoms with E-state index in [1.54, 1.807) is 0 Å². The van der Waals surface area contributed by atoms with Crippen LogP contribution in [0.5, 0.6) is 0 Å². The highest BCUT2D eigenvalue weighted by Gasteiger charge is 2.45. The van der Waals surface area contributed by atoms with Crippen molar-refractivity contribution in [1.29, 1.82) is 0 Å². The molecule has 0 saturated carbocycles. The molecule has 0 unspecified atom stereocenters. The number of phosphoric acid groups is 1. The van der Waals surface area contributed by atoms with Crippen LogP contribution in [-0.4, -0.2) is 42.7 Å². The van der Waals surface area contributed by atoms with Crippen LogP contribution in [0.2, 0.25) is 0 Å². The molecule has 0 atom stereocenters. The average molecular weight is 226 g/mol. The SMILES string of the molecule is O=P(O)(O)OCC12COC(OC1)OC2. The molecule has 3 rings (SSSR count). The highest BCUT2D eigenvalue weighted by atomic mass is 31.2. The van der Waals surface area contributed by atoms with Gasteiger partial charge in [-0.05, 0) is 0 Å². The smallest absolute Gasteiger partial charge is 0.329 e. The number of fused-ring (bicyclic) bond motifs is 3. The van der Waals surface area contributed by atoms with E-state index in [0.717, 1.165) is 0 Å². The second kappa shape index (κ2) is 3.53. The Hall–Kier alpha value is -0.0100. The van der Waals surface area contributed by atoms with Crippen molar-refractivity contribution in [3.63, 3.8) is 0 Å². The molecule has 0 spiro atoms. The van der Waals surface area contributed by atoms with Crippen molar-refractivity contribution in [3.05, 3.63) is 0 Å². The number of ether oxygens (including phenoxy) is 3. The molecule has 3 fully saturated rings. The zero-order valence-corrected chi connectivity index (χ0v) is 8.18. The first-order chi connectivity index (χ1) is 6.49. The Kier molecular flexibility index (Phi) is 2.65. The number of phosphoric ester groups is 1. The van der Waals surface area contributed by atoms with Gasteiger partial charge in [-0.1, -0.05) is 0 Å². The first-order valence-corrected chi connectivity index (χ1v) is 5.57. The van der Waals surface area contributed by atoms with E-state index in [1.807, 2.05) is 0 Å². The predicted molar refractivity (Wildman–Crippen MR) is 42.1 cm³/mol. The monoisotopic (exact) mass is 226 g/mol. The fraction of sp³-hybridized carbons (Fsp3) is 1.00. The molecule has 14 heavy (non-hydrogen) atoms. The standard InChI is InChI=1S/C6H11O7P/c7-14(8,9)13-4-6-1-10-5(11-2-6)12-3-6/h5H,1-4H2,(H2,7,8,9). The van der Waals surface area contributed by atoms with Gasteiger partial charge < -0.3 is 24.0 Å². The van der Waals surface area contributed by atoms with Gasteiger partial charge in [0.1, 0.15) is 0 Å². The second-order valence-corrected chi connectivity index (χ2v) is 4.73. The molecular formula is C6H11O7P. The topological polar surface area (TPSA) is 94.5 Å². The summed E-state index contributed by atoms with van der Waals surface area (Å²) in [5.41, 5.74) is -0.587. The maximum absolute atomic E-state index is 10.5. The van der Waals surface area contributed by atoms with E-state index in [9.17, 15) is 4.57 Å². The summed E-state index contributed by atoms with van der Waals surface area (Å²) in [6.07, 6.45) is 0. The highest BCUT2D eigenvalue weighted by Crippen LogP contribution is 2.40. The summed E-state index contributed by atoms with van der Waals surface area (Å²) < 4.78 is 30.1. The quantitative estimate of drug-likeness (QED) is 0.623. The first-order valence-electron chi connectivity index (χ1n) is 4.04. The lowest BCUT2D eigenvalue weighted by molar-refractivity contribution is -0.397. The number of hydrogen-bond acceptors (Lipinski definition) is 5. The van der Waals surface area contributed by atoms with Gasteiger partial charge in [0.05, 0.1) is 31.8 Å². The molecule has 3 heterocycles. The minimum atomic E-state index is -4.44. The van der Waals surface area contributed by atoms with Crippen LogP contribution in [0.15, 0.2) is 0 Å². The maximum atomic E-state index is 10.5. The molecule has 0 amide bonds. The van der Waals surface area contributed by atoms with Crippen molar-refractivity contribution in [1.82, 2.24) is 0 Å². The zero-order valence-electron chi connectivity index (χ0n) is 7.29. The van der Waals surface area contributed by atoms with Crippen molar-refractivity contribution in [2.45, 2.75) is 6.48 Å². The summed E-state index contributed by atoms with van der Waals surface area (Å²) >= 11 is 0. The molecule has 8 heteroatoms. The summed E-state index contributed by atoms with van der Waals surface area (Å²) in [5.74, 6) is 0. The fourth-order valence-corrected chi connectivity index (χ4v) is 1.79. The van der Waals surface area contributed by atoms with Crippen LogP contribution in [0.1, 0.15) is 0 Å². The van der Waals surface area contributed by atoms with Crippen molar-refractivity contribution >= 4 is 7.82 Å². The third-order valence-electron chi connectivity index (χ3n) is 2.12. The van der Waals surface area contributed by atoms with Gasteiger partial charge in [0.25, 0.3) is 6.48 Å². The van der Waals surface area contributed by atoms with E-state index in [4.69, 9.17) is 24.0 Å². The van der Waals surface area contributed by atoms with Crippen molar-refractivity contribution in [2.75, 3.05) is 26.4 Å². The summed E-state index contributed by atoms with van der Waals surface area (Å²) in [6.45, 7) is 0.226. The summed E-state index contributed by atoms with van der Waals surface area (Å²) in [5, 5.41) is 0. The first kappa shape index (κ1) is 10.5. The van der Waals surface area contributed by atoms with Crippen LogP contribution in [0.3, 0.4) is 0 Å². The lowest BCUT2D eigenvalue weighted by Gasteiger charge is -2.44. The Morgan fingerprint density at radius 3 is 2.21 bits per heavy atom. The minimum Gasteiger partial charge on any atom is -0.329 e. The maximum Gasteiger partial charge on any atom is 0.469 e. The van der Waals surface area contributed by atoms with Crippen LogP contribution >= 0.6 is 7.82 Å². The Morgan fingerprint density at radius 2 is 1.79 bits per heavy atom. The van der Waals surface area contributed by atoms with Gasteiger partial charge in [0.2, 0.25) is 0 Å². The van der Waals surface area contributed by atoms with Crippen LogP contribution in [-0.2, 0) is 23.3 Å². The minimum absolute atomic E-state index is 0.135. The third kappa shape index (κ3) is 2.32. The zero-order chi connectivity index (χ0) is 10.2. The van der Waals surface area contributed by atoms with Gasteiger partial charge >= 0.3 is 7.82 Å². The summed E-state index contributed by atoms with van der Waals surface area (Å²) in [4.78, 5) is 17.1. The molecule has 3 aliphatic heterocycles. The van der Waals surface area contributed by atoms with Crippen molar-refractivity contribution in [3.8, 4) is 0 Å². The molecule has 2 bridgehead atoms. The van der Waals surface area contributed by atoms with E-state index in [-0.39, 0.29) is 6.61 Å². The summed E-state index contributed by atoms with van der Waals surface area (Å²) in [7, 11) is -4.44. The molecule has 0 aromatic carbocycles.